The summed E-state index contributed by atoms with van der Waals surface area (Å²) >= 11 is 9.21. The number of nitrogens with zero attached hydrogens (tertiary/aromatic N) is 1. The number of pyridine rings is 1. The van der Waals surface area contributed by atoms with Crippen LogP contribution >= 0.6 is 27.5 Å². The summed E-state index contributed by atoms with van der Waals surface area (Å²) in [5, 5.41) is 9.78. The zero-order valence-electron chi connectivity index (χ0n) is 8.73. The van der Waals surface area contributed by atoms with Crippen molar-refractivity contribution in [1.29, 1.82) is 0 Å². The molecule has 88 valence electrons. The van der Waals surface area contributed by atoms with Crippen molar-refractivity contribution >= 4 is 27.5 Å². The van der Waals surface area contributed by atoms with Gasteiger partial charge in [-0.3, -0.25) is 4.98 Å². The highest BCUT2D eigenvalue weighted by Crippen LogP contribution is 2.32. The van der Waals surface area contributed by atoms with Gasteiger partial charge in [0, 0.05) is 23.0 Å². The van der Waals surface area contributed by atoms with Crippen molar-refractivity contribution in [2.75, 3.05) is 0 Å². The van der Waals surface area contributed by atoms with Gasteiger partial charge in [-0.1, -0.05) is 11.6 Å². The van der Waals surface area contributed by atoms with E-state index in [2.05, 4.69) is 20.9 Å². The van der Waals surface area contributed by atoms with Crippen molar-refractivity contribution in [2.24, 2.45) is 0 Å². The predicted molar refractivity (Wildman–Crippen MR) is 69.4 cm³/mol. The lowest BCUT2D eigenvalue weighted by Gasteiger charge is -2.10. The van der Waals surface area contributed by atoms with Gasteiger partial charge in [0.1, 0.15) is 11.5 Å². The molecule has 1 aromatic carbocycles. The lowest BCUT2D eigenvalue weighted by molar-refractivity contribution is 0.276. The number of halogens is 2. The first-order valence-corrected chi connectivity index (χ1v) is 6.04. The summed E-state index contributed by atoms with van der Waals surface area (Å²) in [6, 6.07) is 6.94. The minimum atomic E-state index is -0.117. The van der Waals surface area contributed by atoms with Crippen LogP contribution in [0.3, 0.4) is 0 Å². The zero-order chi connectivity index (χ0) is 12.3. The largest absolute Gasteiger partial charge is 0.456 e. The van der Waals surface area contributed by atoms with Crippen LogP contribution in [0, 0.1) is 0 Å². The first-order valence-electron chi connectivity index (χ1n) is 4.87. The Labute approximate surface area is 112 Å². The van der Waals surface area contributed by atoms with E-state index in [9.17, 15) is 0 Å². The van der Waals surface area contributed by atoms with Gasteiger partial charge in [0.25, 0.3) is 0 Å². The molecule has 17 heavy (non-hydrogen) atoms. The normalized spacial score (nSPS) is 10.3. The van der Waals surface area contributed by atoms with E-state index < -0.39 is 0 Å². The van der Waals surface area contributed by atoms with Gasteiger partial charge in [-0.15, -0.1) is 0 Å². The molecule has 0 spiro atoms. The van der Waals surface area contributed by atoms with Crippen molar-refractivity contribution in [1.82, 2.24) is 4.98 Å². The average Bonchev–Trinajstić information content (AvgIpc) is 2.33. The molecule has 0 unspecified atom stereocenters. The first-order chi connectivity index (χ1) is 8.20. The van der Waals surface area contributed by atoms with Crippen molar-refractivity contribution in [3.63, 3.8) is 0 Å². The van der Waals surface area contributed by atoms with E-state index in [1.165, 1.54) is 0 Å². The molecule has 3 nitrogen and oxygen atoms in total. The highest BCUT2D eigenvalue weighted by Gasteiger charge is 2.07. The number of ether oxygens (including phenoxy) is 1. The molecule has 0 atom stereocenters. The van der Waals surface area contributed by atoms with Crippen LogP contribution in [0.15, 0.2) is 41.1 Å². The molecule has 0 aliphatic heterocycles. The van der Waals surface area contributed by atoms with Gasteiger partial charge in [-0.25, -0.2) is 0 Å². The van der Waals surface area contributed by atoms with E-state index in [4.69, 9.17) is 21.4 Å². The molecule has 0 radical (unpaired) electrons. The van der Waals surface area contributed by atoms with E-state index in [0.29, 0.717) is 22.1 Å². The molecule has 0 bridgehead atoms. The first kappa shape index (κ1) is 12.4. The molecule has 0 amide bonds. The molecule has 0 fully saturated rings. The Balaban J connectivity index is 2.31. The minimum Gasteiger partial charge on any atom is -0.456 e. The number of rotatable bonds is 3. The maximum atomic E-state index is 9.16. The van der Waals surface area contributed by atoms with Gasteiger partial charge >= 0.3 is 0 Å². The van der Waals surface area contributed by atoms with Gasteiger partial charge < -0.3 is 9.84 Å². The third-order valence-corrected chi connectivity index (χ3v) is 3.00. The van der Waals surface area contributed by atoms with Gasteiger partial charge in [0.15, 0.2) is 0 Å². The molecule has 5 heteroatoms. The van der Waals surface area contributed by atoms with Crippen LogP contribution in [-0.4, -0.2) is 10.1 Å². The smallest absolute Gasteiger partial charge is 0.141 e. The summed E-state index contributed by atoms with van der Waals surface area (Å²) in [5.41, 5.74) is 0.634. The van der Waals surface area contributed by atoms with Gasteiger partial charge in [0.2, 0.25) is 0 Å². The fourth-order valence-electron chi connectivity index (χ4n) is 1.31. The Morgan fingerprint density at radius 2 is 2.12 bits per heavy atom. The van der Waals surface area contributed by atoms with E-state index >= 15 is 0 Å². The molecule has 2 rings (SSSR count). The lowest BCUT2D eigenvalue weighted by Crippen LogP contribution is -1.93. The second kappa shape index (κ2) is 5.49. The number of aliphatic hydroxyl groups is 1. The SMILES string of the molecule is OCc1cnccc1Oc1ccc(Cl)cc1Br. The zero-order valence-corrected chi connectivity index (χ0v) is 11.1. The topological polar surface area (TPSA) is 42.4 Å². The molecular formula is C12H9BrClNO2. The number of hydrogen-bond acceptors (Lipinski definition) is 3. The van der Waals surface area contributed by atoms with E-state index in [-0.39, 0.29) is 6.61 Å². The highest BCUT2D eigenvalue weighted by atomic mass is 79.9. The van der Waals surface area contributed by atoms with Crippen molar-refractivity contribution in [3.8, 4) is 11.5 Å². The Kier molecular flexibility index (Phi) is 3.99. The van der Waals surface area contributed by atoms with Gasteiger partial charge in [-0.2, -0.15) is 0 Å². The monoisotopic (exact) mass is 313 g/mol. The number of aromatic nitrogens is 1. The maximum absolute atomic E-state index is 9.16. The van der Waals surface area contributed by atoms with E-state index in [0.717, 1.165) is 4.47 Å². The summed E-state index contributed by atoms with van der Waals surface area (Å²) in [5.74, 6) is 1.21. The van der Waals surface area contributed by atoms with Crippen LogP contribution in [0.1, 0.15) is 5.56 Å². The number of benzene rings is 1. The lowest BCUT2D eigenvalue weighted by atomic mass is 10.2. The summed E-state index contributed by atoms with van der Waals surface area (Å²) < 4.78 is 6.44. The molecule has 0 aliphatic rings. The van der Waals surface area contributed by atoms with Crippen molar-refractivity contribution in [2.45, 2.75) is 6.61 Å². The molecule has 0 saturated carbocycles. The molecule has 1 N–H and O–H groups in total. The number of hydrogen-bond donors (Lipinski definition) is 1. The highest BCUT2D eigenvalue weighted by molar-refractivity contribution is 9.10. The third kappa shape index (κ3) is 2.97. The Hall–Kier alpha value is -1.10. The molecule has 2 aromatic rings. The molecular weight excluding hydrogens is 305 g/mol. The standard InChI is InChI=1S/C12H9BrClNO2/c13-10-5-9(14)1-2-12(10)17-11-3-4-15-6-8(11)7-16/h1-6,16H,7H2. The summed E-state index contributed by atoms with van der Waals surface area (Å²) in [6.45, 7) is -0.117. The Morgan fingerprint density at radius 1 is 1.29 bits per heavy atom. The minimum absolute atomic E-state index is 0.117. The maximum Gasteiger partial charge on any atom is 0.141 e. The fraction of sp³-hybridized carbons (Fsp3) is 0.0833. The third-order valence-electron chi connectivity index (χ3n) is 2.14. The van der Waals surface area contributed by atoms with Crippen molar-refractivity contribution in [3.05, 3.63) is 51.7 Å². The average molecular weight is 315 g/mol. The van der Waals surface area contributed by atoms with Crippen LogP contribution in [0.4, 0.5) is 0 Å². The van der Waals surface area contributed by atoms with Gasteiger partial charge in [0.05, 0.1) is 11.1 Å². The van der Waals surface area contributed by atoms with Crippen LogP contribution in [-0.2, 0) is 6.61 Å². The second-order valence-electron chi connectivity index (χ2n) is 3.32. The molecule has 0 aliphatic carbocycles. The molecule has 0 saturated heterocycles. The summed E-state index contributed by atoms with van der Waals surface area (Å²) in [4.78, 5) is 3.92. The van der Waals surface area contributed by atoms with Crippen LogP contribution in [0.5, 0.6) is 11.5 Å². The molecule has 1 aromatic heterocycles. The van der Waals surface area contributed by atoms with Crippen molar-refractivity contribution < 1.29 is 9.84 Å². The van der Waals surface area contributed by atoms with Crippen LogP contribution in [0.2, 0.25) is 5.02 Å². The van der Waals surface area contributed by atoms with E-state index in [1.54, 1.807) is 36.7 Å². The summed E-state index contributed by atoms with van der Waals surface area (Å²) in [6.07, 6.45) is 3.18. The Morgan fingerprint density at radius 3 is 2.82 bits per heavy atom. The summed E-state index contributed by atoms with van der Waals surface area (Å²) in [7, 11) is 0. The molecule has 1 heterocycles. The van der Waals surface area contributed by atoms with Crippen LogP contribution in [0.25, 0.3) is 0 Å². The Bertz CT molecular complexity index is 534. The number of aliphatic hydroxyl groups excluding tert-OH is 1. The predicted octanol–water partition coefficient (Wildman–Crippen LogP) is 3.78. The van der Waals surface area contributed by atoms with E-state index in [1.807, 2.05) is 0 Å². The second-order valence-corrected chi connectivity index (χ2v) is 4.61. The van der Waals surface area contributed by atoms with Crippen LogP contribution < -0.4 is 4.74 Å². The van der Waals surface area contributed by atoms with Gasteiger partial charge in [-0.05, 0) is 40.2 Å². The fourth-order valence-corrected chi connectivity index (χ4v) is 2.07. The quantitative estimate of drug-likeness (QED) is 0.937.